The predicted molar refractivity (Wildman–Crippen MR) is 78.5 cm³/mol. The summed E-state index contributed by atoms with van der Waals surface area (Å²) in [6.45, 7) is 1.14. The molecule has 2 heterocycles. The Labute approximate surface area is 127 Å². The van der Waals surface area contributed by atoms with Crippen LogP contribution in [0.2, 0.25) is 5.15 Å². The molecular weight excluding hydrogens is 290 g/mol. The van der Waals surface area contributed by atoms with Crippen LogP contribution >= 0.6 is 11.6 Å². The van der Waals surface area contributed by atoms with Gasteiger partial charge in [-0.2, -0.15) is 5.10 Å². The molecule has 5 nitrogen and oxygen atoms in total. The van der Waals surface area contributed by atoms with Gasteiger partial charge in [-0.25, -0.2) is 0 Å². The molecule has 108 valence electrons. The van der Waals surface area contributed by atoms with Crippen LogP contribution in [0.4, 0.5) is 0 Å². The highest BCUT2D eigenvalue weighted by atomic mass is 35.5. The van der Waals surface area contributed by atoms with Crippen molar-refractivity contribution >= 4 is 17.5 Å². The Kier molecular flexibility index (Phi) is 3.75. The quantitative estimate of drug-likeness (QED) is 0.854. The molecule has 3 rings (SSSR count). The standard InChI is InChI=1S/C15H14ClN3O2/c1-21-12-4-2-10(3-5-12)15(20)19-7-6-13-11(9-19)8-14(16)18-17-13/h2-5,8H,6-7,9H2,1H3. The van der Waals surface area contributed by atoms with Crippen molar-refractivity contribution in [2.24, 2.45) is 0 Å². The predicted octanol–water partition coefficient (Wildman–Crippen LogP) is 2.34. The van der Waals surface area contributed by atoms with Gasteiger partial charge in [0.25, 0.3) is 5.91 Å². The number of nitrogens with zero attached hydrogens (tertiary/aromatic N) is 3. The largest absolute Gasteiger partial charge is 0.497 e. The van der Waals surface area contributed by atoms with E-state index in [0.717, 1.165) is 17.0 Å². The molecule has 0 fully saturated rings. The number of hydrogen-bond acceptors (Lipinski definition) is 4. The number of methoxy groups -OCH3 is 1. The third-order valence-corrected chi connectivity index (χ3v) is 3.72. The molecule has 1 aromatic carbocycles. The minimum Gasteiger partial charge on any atom is -0.497 e. The van der Waals surface area contributed by atoms with Crippen LogP contribution in [0.15, 0.2) is 30.3 Å². The molecule has 6 heteroatoms. The van der Waals surface area contributed by atoms with E-state index in [1.54, 1.807) is 42.3 Å². The van der Waals surface area contributed by atoms with Crippen LogP contribution in [0.1, 0.15) is 21.6 Å². The highest BCUT2D eigenvalue weighted by molar-refractivity contribution is 6.29. The first-order valence-electron chi connectivity index (χ1n) is 6.61. The summed E-state index contributed by atoms with van der Waals surface area (Å²) in [7, 11) is 1.60. The van der Waals surface area contributed by atoms with Gasteiger partial charge in [0.1, 0.15) is 5.75 Å². The molecule has 0 aliphatic carbocycles. The Hall–Kier alpha value is -2.14. The monoisotopic (exact) mass is 303 g/mol. The molecular formula is C15H14ClN3O2. The maximum absolute atomic E-state index is 12.5. The summed E-state index contributed by atoms with van der Waals surface area (Å²) in [6.07, 6.45) is 0.696. The lowest BCUT2D eigenvalue weighted by Crippen LogP contribution is -2.36. The van der Waals surface area contributed by atoms with E-state index in [2.05, 4.69) is 10.2 Å². The van der Waals surface area contributed by atoms with Crippen molar-refractivity contribution in [2.45, 2.75) is 13.0 Å². The van der Waals surface area contributed by atoms with Crippen LogP contribution in [0.25, 0.3) is 0 Å². The van der Waals surface area contributed by atoms with Gasteiger partial charge in [0.05, 0.1) is 12.8 Å². The van der Waals surface area contributed by atoms with E-state index < -0.39 is 0 Å². The van der Waals surface area contributed by atoms with Crippen LogP contribution in [-0.4, -0.2) is 34.7 Å². The van der Waals surface area contributed by atoms with Gasteiger partial charge < -0.3 is 9.64 Å². The van der Waals surface area contributed by atoms with Gasteiger partial charge in [-0.3, -0.25) is 4.79 Å². The molecule has 1 aliphatic rings. The smallest absolute Gasteiger partial charge is 0.254 e. The number of carbonyl (C=O) groups is 1. The summed E-state index contributed by atoms with van der Waals surface area (Å²) in [5.74, 6) is 0.730. The zero-order chi connectivity index (χ0) is 14.8. The molecule has 1 aliphatic heterocycles. The van der Waals surface area contributed by atoms with Crippen LogP contribution < -0.4 is 4.74 Å². The molecule has 0 N–H and O–H groups in total. The molecule has 2 aromatic rings. The number of aromatic nitrogens is 2. The summed E-state index contributed by atoms with van der Waals surface area (Å²) < 4.78 is 5.10. The minimum atomic E-state index is -0.00348. The molecule has 0 saturated carbocycles. The Morgan fingerprint density at radius 1 is 1.29 bits per heavy atom. The highest BCUT2D eigenvalue weighted by Crippen LogP contribution is 2.21. The van der Waals surface area contributed by atoms with Gasteiger partial charge >= 0.3 is 0 Å². The number of ether oxygens (including phenoxy) is 1. The number of fused-ring (bicyclic) bond motifs is 1. The van der Waals surface area contributed by atoms with Crippen LogP contribution in [-0.2, 0) is 13.0 Å². The third kappa shape index (κ3) is 2.83. The summed E-state index contributed by atoms with van der Waals surface area (Å²) >= 11 is 5.86. The molecule has 0 spiro atoms. The van der Waals surface area contributed by atoms with Crippen molar-refractivity contribution in [3.8, 4) is 5.75 Å². The molecule has 0 unspecified atom stereocenters. The summed E-state index contributed by atoms with van der Waals surface area (Å²) in [4.78, 5) is 14.3. The van der Waals surface area contributed by atoms with E-state index in [4.69, 9.17) is 16.3 Å². The fourth-order valence-corrected chi connectivity index (χ4v) is 2.56. The Morgan fingerprint density at radius 2 is 2.05 bits per heavy atom. The van der Waals surface area contributed by atoms with Gasteiger partial charge in [0, 0.05) is 25.1 Å². The van der Waals surface area contributed by atoms with E-state index in [9.17, 15) is 4.79 Å². The van der Waals surface area contributed by atoms with E-state index >= 15 is 0 Å². The third-order valence-electron chi connectivity index (χ3n) is 3.53. The molecule has 0 atom stereocenters. The summed E-state index contributed by atoms with van der Waals surface area (Å²) in [5, 5.41) is 8.26. The Morgan fingerprint density at radius 3 is 2.76 bits per heavy atom. The lowest BCUT2D eigenvalue weighted by molar-refractivity contribution is 0.0733. The zero-order valence-electron chi connectivity index (χ0n) is 11.5. The Bertz CT molecular complexity index is 673. The first-order valence-corrected chi connectivity index (χ1v) is 6.99. The number of benzene rings is 1. The van der Waals surface area contributed by atoms with Crippen molar-refractivity contribution in [3.63, 3.8) is 0 Å². The first-order chi connectivity index (χ1) is 10.2. The fourth-order valence-electron chi connectivity index (χ4n) is 2.39. The molecule has 0 bridgehead atoms. The van der Waals surface area contributed by atoms with Crippen LogP contribution in [0, 0.1) is 0 Å². The summed E-state index contributed by atoms with van der Waals surface area (Å²) in [6, 6.07) is 8.89. The normalized spacial score (nSPS) is 13.7. The highest BCUT2D eigenvalue weighted by Gasteiger charge is 2.23. The molecule has 0 saturated heterocycles. The van der Waals surface area contributed by atoms with Gasteiger partial charge in [-0.1, -0.05) is 11.6 Å². The van der Waals surface area contributed by atoms with Crippen LogP contribution in [0.3, 0.4) is 0 Å². The second-order valence-corrected chi connectivity index (χ2v) is 5.23. The van der Waals surface area contributed by atoms with Gasteiger partial charge in [-0.05, 0) is 35.9 Å². The number of hydrogen-bond donors (Lipinski definition) is 0. The first kappa shape index (κ1) is 13.8. The van der Waals surface area contributed by atoms with Gasteiger partial charge in [0.15, 0.2) is 5.15 Å². The fraction of sp³-hybridized carbons (Fsp3) is 0.267. The average Bonchev–Trinajstić information content (AvgIpc) is 2.53. The van der Waals surface area contributed by atoms with Gasteiger partial charge in [-0.15, -0.1) is 5.10 Å². The number of carbonyl (C=O) groups excluding carboxylic acids is 1. The van der Waals surface area contributed by atoms with E-state index in [1.165, 1.54) is 0 Å². The lowest BCUT2D eigenvalue weighted by atomic mass is 10.1. The summed E-state index contributed by atoms with van der Waals surface area (Å²) in [5.41, 5.74) is 2.52. The topological polar surface area (TPSA) is 55.3 Å². The molecule has 0 radical (unpaired) electrons. The van der Waals surface area contributed by atoms with Crippen molar-refractivity contribution in [1.29, 1.82) is 0 Å². The second kappa shape index (κ2) is 5.69. The van der Waals surface area contributed by atoms with Crippen molar-refractivity contribution < 1.29 is 9.53 Å². The SMILES string of the molecule is COc1ccc(C(=O)N2CCc3nnc(Cl)cc3C2)cc1. The number of amides is 1. The maximum Gasteiger partial charge on any atom is 0.254 e. The van der Waals surface area contributed by atoms with Crippen molar-refractivity contribution in [1.82, 2.24) is 15.1 Å². The van der Waals surface area contributed by atoms with E-state index in [1.807, 2.05) is 0 Å². The second-order valence-electron chi connectivity index (χ2n) is 4.84. The average molecular weight is 304 g/mol. The molecule has 1 aromatic heterocycles. The number of rotatable bonds is 2. The van der Waals surface area contributed by atoms with E-state index in [0.29, 0.717) is 30.2 Å². The molecule has 21 heavy (non-hydrogen) atoms. The van der Waals surface area contributed by atoms with Gasteiger partial charge in [0.2, 0.25) is 0 Å². The Balaban J connectivity index is 1.79. The van der Waals surface area contributed by atoms with E-state index in [-0.39, 0.29) is 5.91 Å². The maximum atomic E-state index is 12.5. The van der Waals surface area contributed by atoms with Crippen molar-refractivity contribution in [2.75, 3.05) is 13.7 Å². The molecule has 1 amide bonds. The van der Waals surface area contributed by atoms with Crippen LogP contribution in [0.5, 0.6) is 5.75 Å². The number of halogens is 1. The minimum absolute atomic E-state index is 0.00348. The van der Waals surface area contributed by atoms with Crippen molar-refractivity contribution in [3.05, 3.63) is 52.3 Å². The zero-order valence-corrected chi connectivity index (χ0v) is 12.3. The lowest BCUT2D eigenvalue weighted by Gasteiger charge is -2.28.